The Morgan fingerprint density at radius 1 is 1.50 bits per heavy atom. The van der Waals surface area contributed by atoms with Gasteiger partial charge in [-0.25, -0.2) is 4.98 Å². The Bertz CT molecular complexity index is 402. The third-order valence-electron chi connectivity index (χ3n) is 2.82. The van der Waals surface area contributed by atoms with Crippen LogP contribution in [0.4, 0.5) is 5.82 Å². The number of hydrogen-bond acceptors (Lipinski definition) is 3. The quantitative estimate of drug-likeness (QED) is 0.873. The maximum Gasteiger partial charge on any atom is 0.255 e. The monoisotopic (exact) mass is 283 g/mol. The Kier molecular flexibility index (Phi) is 3.43. The number of hydrogen-bond donors (Lipinski definition) is 2. The van der Waals surface area contributed by atoms with Crippen molar-refractivity contribution >= 4 is 27.7 Å². The van der Waals surface area contributed by atoms with E-state index in [0.29, 0.717) is 11.6 Å². The lowest BCUT2D eigenvalue weighted by Crippen LogP contribution is -2.33. The van der Waals surface area contributed by atoms with Gasteiger partial charge in [0.2, 0.25) is 0 Å². The molecule has 2 rings (SSSR count). The summed E-state index contributed by atoms with van der Waals surface area (Å²) >= 11 is 3.28. The summed E-state index contributed by atoms with van der Waals surface area (Å²) in [6.45, 7) is 0. The first-order valence-electron chi connectivity index (χ1n) is 5.38. The Morgan fingerprint density at radius 3 is 2.88 bits per heavy atom. The summed E-state index contributed by atoms with van der Waals surface area (Å²) in [4.78, 5) is 15.9. The normalized spacial score (nSPS) is 16.3. The maximum atomic E-state index is 11.9. The molecule has 86 valence electrons. The van der Waals surface area contributed by atoms with Crippen LogP contribution in [0, 0.1) is 0 Å². The van der Waals surface area contributed by atoms with Gasteiger partial charge in [0, 0.05) is 16.7 Å². The van der Waals surface area contributed by atoms with Gasteiger partial charge >= 0.3 is 0 Å². The number of carbonyl (C=O) groups excluding carboxylic acids is 1. The molecule has 0 radical (unpaired) electrons. The van der Waals surface area contributed by atoms with Crippen molar-refractivity contribution in [2.75, 3.05) is 5.73 Å². The fourth-order valence-corrected chi connectivity index (χ4v) is 2.30. The summed E-state index contributed by atoms with van der Waals surface area (Å²) < 4.78 is 0.762. The molecule has 4 nitrogen and oxygen atoms in total. The van der Waals surface area contributed by atoms with Crippen LogP contribution in [0.2, 0.25) is 0 Å². The van der Waals surface area contributed by atoms with Crippen molar-refractivity contribution in [3.63, 3.8) is 0 Å². The largest absolute Gasteiger partial charge is 0.383 e. The molecular formula is C11H14BrN3O. The van der Waals surface area contributed by atoms with Crippen molar-refractivity contribution in [2.45, 2.75) is 31.7 Å². The summed E-state index contributed by atoms with van der Waals surface area (Å²) in [5.74, 6) is 0.150. The summed E-state index contributed by atoms with van der Waals surface area (Å²) in [6, 6.07) is 2.00. The lowest BCUT2D eigenvalue weighted by Gasteiger charge is -2.12. The number of nitrogen functional groups attached to an aromatic ring is 1. The number of nitrogens with one attached hydrogen (secondary N) is 1. The van der Waals surface area contributed by atoms with E-state index >= 15 is 0 Å². The van der Waals surface area contributed by atoms with Gasteiger partial charge in [0.15, 0.2) is 0 Å². The lowest BCUT2D eigenvalue weighted by molar-refractivity contribution is 0.0938. The van der Waals surface area contributed by atoms with Crippen LogP contribution in [0.5, 0.6) is 0 Å². The third kappa shape index (κ3) is 2.52. The Balaban J connectivity index is 2.10. The molecule has 16 heavy (non-hydrogen) atoms. The second-order valence-electron chi connectivity index (χ2n) is 4.04. The van der Waals surface area contributed by atoms with E-state index in [9.17, 15) is 4.79 Å². The van der Waals surface area contributed by atoms with E-state index < -0.39 is 0 Å². The molecule has 1 aromatic rings. The zero-order chi connectivity index (χ0) is 11.5. The number of carbonyl (C=O) groups is 1. The van der Waals surface area contributed by atoms with Crippen LogP contribution in [0.3, 0.4) is 0 Å². The number of anilines is 1. The highest BCUT2D eigenvalue weighted by Gasteiger charge is 2.19. The number of pyridine rings is 1. The molecule has 1 heterocycles. The predicted molar refractivity (Wildman–Crippen MR) is 66.1 cm³/mol. The SMILES string of the molecule is Nc1ncc(Br)cc1C(=O)NC1CCCC1. The molecule has 0 unspecified atom stereocenters. The minimum Gasteiger partial charge on any atom is -0.383 e. The second kappa shape index (κ2) is 4.82. The molecule has 0 atom stereocenters. The van der Waals surface area contributed by atoms with Crippen LogP contribution in [0.1, 0.15) is 36.0 Å². The number of aromatic nitrogens is 1. The number of nitrogens with zero attached hydrogens (tertiary/aromatic N) is 1. The first kappa shape index (κ1) is 11.4. The molecule has 1 amide bonds. The number of halogens is 1. The van der Waals surface area contributed by atoms with Gasteiger partial charge in [-0.05, 0) is 34.8 Å². The molecule has 0 bridgehead atoms. The molecule has 0 aromatic carbocycles. The highest BCUT2D eigenvalue weighted by molar-refractivity contribution is 9.10. The van der Waals surface area contributed by atoms with Gasteiger partial charge in [-0.15, -0.1) is 0 Å². The summed E-state index contributed by atoms with van der Waals surface area (Å²) in [5, 5.41) is 2.98. The van der Waals surface area contributed by atoms with Gasteiger partial charge in [-0.3, -0.25) is 4.79 Å². The van der Waals surface area contributed by atoms with E-state index in [4.69, 9.17) is 5.73 Å². The smallest absolute Gasteiger partial charge is 0.255 e. The van der Waals surface area contributed by atoms with Gasteiger partial charge in [-0.1, -0.05) is 12.8 Å². The molecule has 0 spiro atoms. The minimum atomic E-state index is -0.127. The minimum absolute atomic E-state index is 0.127. The molecule has 1 aliphatic carbocycles. The molecule has 1 fully saturated rings. The fourth-order valence-electron chi connectivity index (χ4n) is 1.97. The van der Waals surface area contributed by atoms with E-state index in [1.165, 1.54) is 12.8 Å². The molecular weight excluding hydrogens is 270 g/mol. The molecule has 0 aliphatic heterocycles. The first-order valence-corrected chi connectivity index (χ1v) is 6.18. The van der Waals surface area contributed by atoms with Gasteiger partial charge in [0.1, 0.15) is 5.82 Å². The van der Waals surface area contributed by atoms with Crippen LogP contribution < -0.4 is 11.1 Å². The number of nitrogens with two attached hydrogens (primary N) is 1. The number of amides is 1. The van der Waals surface area contributed by atoms with E-state index in [2.05, 4.69) is 26.2 Å². The molecule has 1 aliphatic rings. The van der Waals surface area contributed by atoms with Crippen molar-refractivity contribution in [3.05, 3.63) is 22.3 Å². The molecule has 3 N–H and O–H groups in total. The van der Waals surface area contributed by atoms with Crippen molar-refractivity contribution in [2.24, 2.45) is 0 Å². The van der Waals surface area contributed by atoms with Crippen LogP contribution in [0.15, 0.2) is 16.7 Å². The third-order valence-corrected chi connectivity index (χ3v) is 3.25. The van der Waals surface area contributed by atoms with Gasteiger partial charge in [-0.2, -0.15) is 0 Å². The zero-order valence-corrected chi connectivity index (χ0v) is 10.5. The Hall–Kier alpha value is -1.10. The first-order chi connectivity index (χ1) is 7.66. The molecule has 0 saturated heterocycles. The van der Waals surface area contributed by atoms with Gasteiger partial charge in [0.05, 0.1) is 5.56 Å². The van der Waals surface area contributed by atoms with Crippen LogP contribution in [-0.4, -0.2) is 16.9 Å². The summed E-state index contributed by atoms with van der Waals surface area (Å²) in [5.41, 5.74) is 6.12. The fraction of sp³-hybridized carbons (Fsp3) is 0.455. The lowest BCUT2D eigenvalue weighted by atomic mass is 10.2. The van der Waals surface area contributed by atoms with Gasteiger partial charge < -0.3 is 11.1 Å². The topological polar surface area (TPSA) is 68.0 Å². The van der Waals surface area contributed by atoms with Gasteiger partial charge in [0.25, 0.3) is 5.91 Å². The number of rotatable bonds is 2. The van der Waals surface area contributed by atoms with Crippen molar-refractivity contribution < 1.29 is 4.79 Å². The summed E-state index contributed by atoms with van der Waals surface area (Å²) in [6.07, 6.45) is 6.09. The van der Waals surface area contributed by atoms with Crippen LogP contribution in [0.25, 0.3) is 0 Å². The average Bonchev–Trinajstić information content (AvgIpc) is 2.74. The molecule has 1 saturated carbocycles. The standard InChI is InChI=1S/C11H14BrN3O/c12-7-5-9(10(13)14-6-7)11(16)15-8-3-1-2-4-8/h5-6,8H,1-4H2,(H2,13,14)(H,15,16). The van der Waals surface area contributed by atoms with Crippen LogP contribution >= 0.6 is 15.9 Å². The average molecular weight is 284 g/mol. The Morgan fingerprint density at radius 2 is 2.19 bits per heavy atom. The van der Waals surface area contributed by atoms with E-state index in [1.54, 1.807) is 12.3 Å². The van der Waals surface area contributed by atoms with Crippen molar-refractivity contribution in [1.82, 2.24) is 10.3 Å². The maximum absolute atomic E-state index is 11.9. The van der Waals surface area contributed by atoms with Crippen LogP contribution in [-0.2, 0) is 0 Å². The van der Waals surface area contributed by atoms with Crippen molar-refractivity contribution in [3.8, 4) is 0 Å². The highest BCUT2D eigenvalue weighted by atomic mass is 79.9. The zero-order valence-electron chi connectivity index (χ0n) is 8.87. The van der Waals surface area contributed by atoms with E-state index in [1.807, 2.05) is 0 Å². The summed E-state index contributed by atoms with van der Waals surface area (Å²) in [7, 11) is 0. The molecule has 1 aromatic heterocycles. The Labute approximate surface area is 103 Å². The predicted octanol–water partition coefficient (Wildman–Crippen LogP) is 2.10. The second-order valence-corrected chi connectivity index (χ2v) is 4.96. The van der Waals surface area contributed by atoms with E-state index in [0.717, 1.165) is 17.3 Å². The van der Waals surface area contributed by atoms with Crippen molar-refractivity contribution in [1.29, 1.82) is 0 Å². The van der Waals surface area contributed by atoms with E-state index in [-0.39, 0.29) is 11.7 Å². The highest BCUT2D eigenvalue weighted by Crippen LogP contribution is 2.20. The molecule has 5 heteroatoms.